The van der Waals surface area contributed by atoms with E-state index < -0.39 is 24.0 Å². The largest absolute Gasteiger partial charge is 0.465 e. The summed E-state index contributed by atoms with van der Waals surface area (Å²) in [6, 6.07) is 29.7. The smallest absolute Gasteiger partial charge is 0.407 e. The van der Waals surface area contributed by atoms with Crippen molar-refractivity contribution in [3.05, 3.63) is 144 Å². The van der Waals surface area contributed by atoms with E-state index in [2.05, 4.69) is 39.2 Å². The molecule has 0 bridgehead atoms. The highest BCUT2D eigenvalue weighted by molar-refractivity contribution is 5.87. The number of likely N-dealkylation sites (tertiary alicyclic amines) is 2. The van der Waals surface area contributed by atoms with Gasteiger partial charge in [0.15, 0.2) is 0 Å². The molecular weight excluding hydrogens is 748 g/mol. The molecule has 0 saturated carbocycles. The Balaban J connectivity index is 0.936. The van der Waals surface area contributed by atoms with E-state index in [1.54, 1.807) is 78.8 Å². The molecule has 3 amide bonds. The minimum absolute atomic E-state index is 0.142. The van der Waals surface area contributed by atoms with Crippen molar-refractivity contribution in [3.8, 4) is 33.6 Å². The molecule has 0 aliphatic carbocycles. The number of nitrogens with zero attached hydrogens (tertiary/aromatic N) is 6. The molecule has 6 aromatic rings. The first-order valence-electron chi connectivity index (χ1n) is 19.9. The molecule has 8 rings (SSSR count). The van der Waals surface area contributed by atoms with Crippen LogP contribution in [-0.4, -0.2) is 96.8 Å². The Bertz CT molecular complexity index is 2430. The third kappa shape index (κ3) is 7.85. The highest BCUT2D eigenvalue weighted by atomic mass is 19.1. The molecule has 4 heterocycles. The van der Waals surface area contributed by atoms with Crippen LogP contribution in [0.25, 0.3) is 33.6 Å². The zero-order chi connectivity index (χ0) is 41.2. The molecule has 13 heteroatoms. The number of nitrogens with one attached hydrogen (secondary N) is 2. The molecule has 3 N–H and O–H groups in total. The number of carbonyl (C=O) groups is 3. The van der Waals surface area contributed by atoms with Crippen LogP contribution in [-0.2, 0) is 9.59 Å². The molecule has 2 fully saturated rings. The minimum Gasteiger partial charge on any atom is -0.465 e. The van der Waals surface area contributed by atoms with Gasteiger partial charge < -0.3 is 24.9 Å². The predicted molar refractivity (Wildman–Crippen MR) is 222 cm³/mol. The van der Waals surface area contributed by atoms with Crippen molar-refractivity contribution in [2.45, 2.75) is 49.9 Å². The number of carboxylic acid groups (broad SMARTS) is 1. The molecule has 0 spiro atoms. The van der Waals surface area contributed by atoms with Gasteiger partial charge in [-0.05, 0) is 73.7 Å². The van der Waals surface area contributed by atoms with Crippen molar-refractivity contribution in [2.24, 2.45) is 0 Å². The topological polar surface area (TPSA) is 142 Å². The van der Waals surface area contributed by atoms with Crippen LogP contribution in [0.2, 0.25) is 0 Å². The predicted octanol–water partition coefficient (Wildman–Crippen LogP) is 8.25. The lowest BCUT2D eigenvalue weighted by Gasteiger charge is -2.32. The van der Waals surface area contributed by atoms with Crippen LogP contribution in [0.4, 0.5) is 9.18 Å². The number of hydrogen-bond acceptors (Lipinski definition) is 6. The number of amides is 3. The lowest BCUT2D eigenvalue weighted by Crippen LogP contribution is -2.43. The molecule has 0 radical (unpaired) electrons. The van der Waals surface area contributed by atoms with E-state index in [1.165, 1.54) is 13.1 Å². The number of carbonyl (C=O) groups excluding carboxylic acids is 2. The molecule has 4 atom stereocenters. The maximum absolute atomic E-state index is 14.8. The maximum atomic E-state index is 14.8. The molecule has 2 aliphatic rings. The van der Waals surface area contributed by atoms with Crippen LogP contribution >= 0.6 is 0 Å². The SMILES string of the molecule is CN(C)C(C(=O)N1CCC[C@H]1c1ncc(-c2ccc(-c3ccc(-c4cnc([C@@H]5CCCN5C(=O)[C@@H](c5ccccc5)N(C)C(=O)O)[nH]4)cc3)cc2)[nH]1)c1ccccc1F. The molecule has 302 valence electrons. The summed E-state index contributed by atoms with van der Waals surface area (Å²) in [5.74, 6) is 0.579. The van der Waals surface area contributed by atoms with Crippen molar-refractivity contribution < 1.29 is 23.9 Å². The number of likely N-dealkylation sites (N-methyl/N-ethyl adjacent to an activating group) is 2. The van der Waals surface area contributed by atoms with E-state index in [-0.39, 0.29) is 23.9 Å². The van der Waals surface area contributed by atoms with E-state index in [0.29, 0.717) is 35.9 Å². The normalized spacial score (nSPS) is 17.6. The van der Waals surface area contributed by atoms with E-state index in [0.717, 1.165) is 64.2 Å². The zero-order valence-electron chi connectivity index (χ0n) is 33.3. The van der Waals surface area contributed by atoms with Crippen LogP contribution in [0.5, 0.6) is 0 Å². The lowest BCUT2D eigenvalue weighted by atomic mass is 10.0. The van der Waals surface area contributed by atoms with Gasteiger partial charge in [0.1, 0.15) is 29.5 Å². The van der Waals surface area contributed by atoms with Gasteiger partial charge in [0, 0.05) is 25.7 Å². The van der Waals surface area contributed by atoms with Crippen molar-refractivity contribution >= 4 is 17.9 Å². The van der Waals surface area contributed by atoms with E-state index in [1.807, 2.05) is 35.2 Å². The summed E-state index contributed by atoms with van der Waals surface area (Å²) in [7, 11) is 5.02. The van der Waals surface area contributed by atoms with Gasteiger partial charge in [-0.1, -0.05) is 97.1 Å². The number of hydrogen-bond donors (Lipinski definition) is 3. The van der Waals surface area contributed by atoms with Gasteiger partial charge in [-0.25, -0.2) is 19.2 Å². The average Bonchev–Trinajstić information content (AvgIpc) is 4.09. The molecule has 12 nitrogen and oxygen atoms in total. The monoisotopic (exact) mass is 794 g/mol. The number of imidazole rings is 2. The summed E-state index contributed by atoms with van der Waals surface area (Å²) < 4.78 is 14.8. The second kappa shape index (κ2) is 16.7. The van der Waals surface area contributed by atoms with Crippen LogP contribution < -0.4 is 0 Å². The molecule has 2 aliphatic heterocycles. The fourth-order valence-corrected chi connectivity index (χ4v) is 8.54. The fourth-order valence-electron chi connectivity index (χ4n) is 8.54. The number of rotatable bonds is 11. The fraction of sp³-hybridized carbons (Fsp3) is 0.283. The summed E-state index contributed by atoms with van der Waals surface area (Å²) in [5.41, 5.74) is 6.65. The van der Waals surface area contributed by atoms with Gasteiger partial charge in [-0.15, -0.1) is 0 Å². The Kier molecular flexibility index (Phi) is 11.1. The Morgan fingerprint density at radius 1 is 0.661 bits per heavy atom. The summed E-state index contributed by atoms with van der Waals surface area (Å²) in [5, 5.41) is 9.80. The summed E-state index contributed by atoms with van der Waals surface area (Å²) in [4.78, 5) is 62.5. The first-order valence-corrected chi connectivity index (χ1v) is 19.9. The van der Waals surface area contributed by atoms with Gasteiger partial charge in [0.2, 0.25) is 5.91 Å². The van der Waals surface area contributed by atoms with E-state index in [9.17, 15) is 23.9 Å². The Morgan fingerprint density at radius 3 is 1.59 bits per heavy atom. The van der Waals surface area contributed by atoms with Crippen LogP contribution in [0, 0.1) is 5.82 Å². The molecule has 4 aromatic carbocycles. The second-order valence-electron chi connectivity index (χ2n) is 15.5. The Hall–Kier alpha value is -6.60. The first kappa shape index (κ1) is 39.2. The van der Waals surface area contributed by atoms with Crippen molar-refractivity contribution in [1.82, 2.24) is 39.5 Å². The first-order chi connectivity index (χ1) is 28.6. The zero-order valence-corrected chi connectivity index (χ0v) is 33.3. The van der Waals surface area contributed by atoms with E-state index in [4.69, 9.17) is 4.98 Å². The van der Waals surface area contributed by atoms with Gasteiger partial charge in [0.05, 0.1) is 35.9 Å². The highest BCUT2D eigenvalue weighted by Crippen LogP contribution is 2.37. The Labute approximate surface area is 342 Å². The second-order valence-corrected chi connectivity index (χ2v) is 15.5. The van der Waals surface area contributed by atoms with Gasteiger partial charge in [0.25, 0.3) is 5.91 Å². The van der Waals surface area contributed by atoms with Crippen molar-refractivity contribution in [2.75, 3.05) is 34.2 Å². The lowest BCUT2D eigenvalue weighted by molar-refractivity contribution is -0.138. The Morgan fingerprint density at radius 2 is 1.12 bits per heavy atom. The standard InChI is InChI=1S/C46H47FN8O4/c1-52(2)41(34-13-7-8-14-35(34)47)45(57)55-26-10-16-39(55)43-49-28-37(51-43)32-23-19-30(20-24-32)29-17-21-31(22-18-29)36-27-48-42(50-36)38-15-9-25-54(38)44(56)40(53(3)46(58)59)33-11-5-4-6-12-33/h4-8,11-14,17-24,27-28,38-41H,9-10,15-16,25-26H2,1-3H3,(H,48,50)(H,49,51)(H,58,59)/t38-,39-,40+,41?/m0/s1. The minimum atomic E-state index is -1.17. The molecule has 59 heavy (non-hydrogen) atoms. The number of aromatic amines is 2. The molecule has 2 aromatic heterocycles. The van der Waals surface area contributed by atoms with Gasteiger partial charge in [-0.3, -0.25) is 19.4 Å². The molecular formula is C46H47FN8O4. The molecule has 1 unspecified atom stereocenters. The summed E-state index contributed by atoms with van der Waals surface area (Å²) in [6.45, 7) is 1.10. The van der Waals surface area contributed by atoms with Crippen LogP contribution in [0.1, 0.15) is 72.6 Å². The van der Waals surface area contributed by atoms with Gasteiger partial charge in [-0.2, -0.15) is 0 Å². The molecule has 2 saturated heterocycles. The van der Waals surface area contributed by atoms with Crippen LogP contribution in [0.15, 0.2) is 116 Å². The number of halogens is 1. The average molecular weight is 795 g/mol. The van der Waals surface area contributed by atoms with Crippen LogP contribution in [0.3, 0.4) is 0 Å². The summed E-state index contributed by atoms with van der Waals surface area (Å²) in [6.07, 6.45) is 5.52. The maximum Gasteiger partial charge on any atom is 0.407 e. The third-order valence-electron chi connectivity index (χ3n) is 11.6. The highest BCUT2D eigenvalue weighted by Gasteiger charge is 2.40. The number of benzene rings is 4. The summed E-state index contributed by atoms with van der Waals surface area (Å²) >= 11 is 0. The van der Waals surface area contributed by atoms with E-state index >= 15 is 0 Å². The number of aromatic nitrogens is 4. The van der Waals surface area contributed by atoms with Crippen molar-refractivity contribution in [3.63, 3.8) is 0 Å². The third-order valence-corrected chi connectivity index (χ3v) is 11.6. The van der Waals surface area contributed by atoms with Gasteiger partial charge >= 0.3 is 6.09 Å². The quantitative estimate of drug-likeness (QED) is 0.120. The number of H-pyrrole nitrogens is 2. The van der Waals surface area contributed by atoms with Crippen molar-refractivity contribution in [1.29, 1.82) is 0 Å².